The number of nitrogens with zero attached hydrogens (tertiary/aromatic N) is 2. The molecule has 0 aliphatic heterocycles. The van der Waals surface area contributed by atoms with Crippen LogP contribution in [0, 0.1) is 0 Å². The number of anilines is 2. The molecule has 3 rings (SSSR count). The molecule has 12 heteroatoms. The van der Waals surface area contributed by atoms with Gasteiger partial charge in [-0.1, -0.05) is 55.2 Å². The number of hydrogen-bond acceptors (Lipinski definition) is 5. The van der Waals surface area contributed by atoms with Crippen LogP contribution in [0.15, 0.2) is 82.6 Å². The van der Waals surface area contributed by atoms with Crippen molar-refractivity contribution in [2.24, 2.45) is 0 Å². The zero-order valence-corrected chi connectivity index (χ0v) is 22.7. The van der Waals surface area contributed by atoms with Gasteiger partial charge in [-0.3, -0.25) is 9.10 Å². The van der Waals surface area contributed by atoms with Gasteiger partial charge in [0.25, 0.3) is 10.0 Å². The first-order valence-electron chi connectivity index (χ1n) is 10.9. The molecule has 1 amide bonds. The molecule has 192 valence electrons. The van der Waals surface area contributed by atoms with Gasteiger partial charge >= 0.3 is 0 Å². The summed E-state index contributed by atoms with van der Waals surface area (Å²) in [4.78, 5) is 13.0. The SMILES string of the molecule is CCN(CC)S(=O)(=O)c1ccc(NC(=O)CN(c2cc(Cl)cc(Cl)c2)S(=O)(=O)c2ccccc2)cc1. The van der Waals surface area contributed by atoms with Crippen molar-refractivity contribution in [1.29, 1.82) is 0 Å². The van der Waals surface area contributed by atoms with E-state index in [1.165, 1.54) is 58.9 Å². The number of carbonyl (C=O) groups excluding carboxylic acids is 1. The van der Waals surface area contributed by atoms with Crippen molar-refractivity contribution < 1.29 is 21.6 Å². The van der Waals surface area contributed by atoms with Gasteiger partial charge in [0.2, 0.25) is 15.9 Å². The maximum Gasteiger partial charge on any atom is 0.264 e. The van der Waals surface area contributed by atoms with Crippen molar-refractivity contribution in [3.8, 4) is 0 Å². The molecule has 36 heavy (non-hydrogen) atoms. The number of benzene rings is 3. The number of nitrogens with one attached hydrogen (secondary N) is 1. The Morgan fingerprint density at radius 2 is 1.31 bits per heavy atom. The van der Waals surface area contributed by atoms with Crippen LogP contribution in [0.5, 0.6) is 0 Å². The lowest BCUT2D eigenvalue weighted by atomic mass is 10.3. The van der Waals surface area contributed by atoms with Crippen molar-refractivity contribution in [1.82, 2.24) is 4.31 Å². The minimum absolute atomic E-state index is 0.0140. The van der Waals surface area contributed by atoms with Crippen molar-refractivity contribution in [3.05, 3.63) is 82.8 Å². The highest BCUT2D eigenvalue weighted by molar-refractivity contribution is 7.92. The number of rotatable bonds is 10. The van der Waals surface area contributed by atoms with Gasteiger partial charge in [-0.05, 0) is 54.6 Å². The third-order valence-electron chi connectivity index (χ3n) is 5.23. The van der Waals surface area contributed by atoms with Crippen LogP contribution in [0.25, 0.3) is 0 Å². The second-order valence-electron chi connectivity index (χ2n) is 7.61. The van der Waals surface area contributed by atoms with E-state index in [0.29, 0.717) is 18.8 Å². The number of hydrogen-bond donors (Lipinski definition) is 1. The van der Waals surface area contributed by atoms with Crippen LogP contribution in [0.2, 0.25) is 10.0 Å². The Kier molecular flexibility index (Phi) is 9.02. The highest BCUT2D eigenvalue weighted by Gasteiger charge is 2.28. The molecule has 3 aromatic rings. The first kappa shape index (κ1) is 27.9. The number of carbonyl (C=O) groups is 1. The lowest BCUT2D eigenvalue weighted by Gasteiger charge is -2.24. The Labute approximate surface area is 221 Å². The predicted octanol–water partition coefficient (Wildman–Crippen LogP) is 4.86. The Morgan fingerprint density at radius 3 is 1.83 bits per heavy atom. The van der Waals surface area contributed by atoms with Gasteiger partial charge < -0.3 is 5.32 Å². The molecule has 8 nitrogen and oxygen atoms in total. The molecule has 0 aliphatic carbocycles. The maximum absolute atomic E-state index is 13.4. The average molecular weight is 571 g/mol. The Morgan fingerprint density at radius 1 is 0.778 bits per heavy atom. The van der Waals surface area contributed by atoms with Gasteiger partial charge in [0.1, 0.15) is 6.54 Å². The molecule has 0 aromatic heterocycles. The molecule has 0 saturated carbocycles. The van der Waals surface area contributed by atoms with Crippen LogP contribution < -0.4 is 9.62 Å². The summed E-state index contributed by atoms with van der Waals surface area (Å²) in [6, 6.07) is 17.6. The van der Waals surface area contributed by atoms with E-state index in [2.05, 4.69) is 5.32 Å². The molecule has 0 spiro atoms. The number of amides is 1. The van der Waals surface area contributed by atoms with Gasteiger partial charge in [-0.15, -0.1) is 0 Å². The summed E-state index contributed by atoms with van der Waals surface area (Å²) in [6.45, 7) is 3.58. The second-order valence-corrected chi connectivity index (χ2v) is 12.3. The van der Waals surface area contributed by atoms with E-state index >= 15 is 0 Å². The van der Waals surface area contributed by atoms with Crippen LogP contribution in [-0.2, 0) is 24.8 Å². The van der Waals surface area contributed by atoms with Crippen LogP contribution in [-0.4, -0.2) is 46.7 Å². The monoisotopic (exact) mass is 569 g/mol. The Hall–Kier alpha value is -2.63. The van der Waals surface area contributed by atoms with Crippen LogP contribution in [0.4, 0.5) is 11.4 Å². The van der Waals surface area contributed by atoms with E-state index in [1.807, 2.05) is 0 Å². The lowest BCUT2D eigenvalue weighted by Crippen LogP contribution is -2.38. The van der Waals surface area contributed by atoms with Gasteiger partial charge in [0.05, 0.1) is 15.5 Å². The molecule has 0 saturated heterocycles. The highest BCUT2D eigenvalue weighted by atomic mass is 35.5. The van der Waals surface area contributed by atoms with Gasteiger partial charge in [-0.25, -0.2) is 16.8 Å². The van der Waals surface area contributed by atoms with E-state index in [4.69, 9.17) is 23.2 Å². The second kappa shape index (κ2) is 11.6. The summed E-state index contributed by atoms with van der Waals surface area (Å²) in [5, 5.41) is 3.02. The van der Waals surface area contributed by atoms with Gasteiger partial charge in [-0.2, -0.15) is 4.31 Å². The molecule has 0 fully saturated rings. The highest BCUT2D eigenvalue weighted by Crippen LogP contribution is 2.30. The van der Waals surface area contributed by atoms with E-state index in [9.17, 15) is 21.6 Å². The summed E-state index contributed by atoms with van der Waals surface area (Å²) < 4.78 is 54.4. The molecule has 3 aromatic carbocycles. The first-order chi connectivity index (χ1) is 17.0. The van der Waals surface area contributed by atoms with E-state index in [0.717, 1.165) is 4.31 Å². The molecule has 0 atom stereocenters. The maximum atomic E-state index is 13.4. The fourth-order valence-corrected chi connectivity index (χ4v) is 6.87. The summed E-state index contributed by atoms with van der Waals surface area (Å²) in [5.41, 5.74) is 0.423. The van der Waals surface area contributed by atoms with Crippen LogP contribution >= 0.6 is 23.2 Å². The molecule has 0 aliphatic rings. The number of halogens is 2. The van der Waals surface area contributed by atoms with E-state index in [-0.39, 0.29) is 25.5 Å². The third kappa shape index (κ3) is 6.37. The van der Waals surface area contributed by atoms with E-state index < -0.39 is 32.5 Å². The largest absolute Gasteiger partial charge is 0.325 e. The first-order valence-corrected chi connectivity index (χ1v) is 14.6. The van der Waals surface area contributed by atoms with Gasteiger partial charge in [0, 0.05) is 28.8 Å². The fraction of sp³-hybridized carbons (Fsp3) is 0.208. The molecule has 0 radical (unpaired) electrons. The van der Waals surface area contributed by atoms with Gasteiger partial charge in [0.15, 0.2) is 0 Å². The van der Waals surface area contributed by atoms with Crippen molar-refractivity contribution in [3.63, 3.8) is 0 Å². The zero-order valence-electron chi connectivity index (χ0n) is 19.6. The van der Waals surface area contributed by atoms with Crippen LogP contribution in [0.3, 0.4) is 0 Å². The average Bonchev–Trinajstić information content (AvgIpc) is 2.83. The topological polar surface area (TPSA) is 104 Å². The van der Waals surface area contributed by atoms with Crippen molar-refractivity contribution >= 4 is 60.5 Å². The fourth-order valence-electron chi connectivity index (χ4n) is 3.47. The summed E-state index contributed by atoms with van der Waals surface area (Å²) in [7, 11) is -7.80. The summed E-state index contributed by atoms with van der Waals surface area (Å²) >= 11 is 12.2. The summed E-state index contributed by atoms with van der Waals surface area (Å²) in [6.07, 6.45) is 0. The smallest absolute Gasteiger partial charge is 0.264 e. The molecular weight excluding hydrogens is 545 g/mol. The minimum atomic E-state index is -4.15. The predicted molar refractivity (Wildman–Crippen MR) is 143 cm³/mol. The quantitative estimate of drug-likeness (QED) is 0.375. The zero-order chi connectivity index (χ0) is 26.5. The van der Waals surface area contributed by atoms with Crippen molar-refractivity contribution in [2.75, 3.05) is 29.3 Å². The van der Waals surface area contributed by atoms with Crippen LogP contribution in [0.1, 0.15) is 13.8 Å². The molecule has 1 N–H and O–H groups in total. The minimum Gasteiger partial charge on any atom is -0.325 e. The molecule has 0 unspecified atom stereocenters. The molecule has 0 heterocycles. The van der Waals surface area contributed by atoms with Crippen molar-refractivity contribution in [2.45, 2.75) is 23.6 Å². The Bertz CT molecular complexity index is 1410. The summed E-state index contributed by atoms with van der Waals surface area (Å²) in [5.74, 6) is -0.648. The molecule has 0 bridgehead atoms. The molecular formula is C24H25Cl2N3O5S2. The Balaban J connectivity index is 1.88. The van der Waals surface area contributed by atoms with E-state index in [1.54, 1.807) is 32.0 Å². The number of sulfonamides is 2. The third-order valence-corrected chi connectivity index (χ3v) is 9.52. The standard InChI is InChI=1S/C24H25Cl2N3O5S2/c1-3-28(4-2)35(31,32)23-12-10-20(11-13-23)27-24(30)17-29(21-15-18(25)14-19(26)16-21)36(33,34)22-8-6-5-7-9-22/h5-16H,3-4,17H2,1-2H3,(H,27,30). The lowest BCUT2D eigenvalue weighted by molar-refractivity contribution is -0.114. The normalized spacial score (nSPS) is 11.9.